The zero-order valence-electron chi connectivity index (χ0n) is 14.8. The number of amides is 2. The van der Waals surface area contributed by atoms with Crippen molar-refractivity contribution in [1.29, 1.82) is 0 Å². The number of carbonyl (C=O) groups is 2. The summed E-state index contributed by atoms with van der Waals surface area (Å²) in [6, 6.07) is 6.06. The second-order valence-electron chi connectivity index (χ2n) is 7.20. The first kappa shape index (κ1) is 17.9. The lowest BCUT2D eigenvalue weighted by Crippen LogP contribution is -2.50. The van der Waals surface area contributed by atoms with Gasteiger partial charge in [-0.05, 0) is 24.5 Å². The predicted octanol–water partition coefficient (Wildman–Crippen LogP) is 3.47. The van der Waals surface area contributed by atoms with Crippen LogP contribution in [0, 0.1) is 11.7 Å². The van der Waals surface area contributed by atoms with Gasteiger partial charge in [0.1, 0.15) is 5.82 Å². The van der Waals surface area contributed by atoms with E-state index in [2.05, 4.69) is 0 Å². The molecule has 3 rings (SSSR count). The summed E-state index contributed by atoms with van der Waals surface area (Å²) in [5.74, 6) is 0.135. The molecule has 1 aliphatic carbocycles. The lowest BCUT2D eigenvalue weighted by atomic mass is 9.86. The third-order valence-electron chi connectivity index (χ3n) is 5.52. The second-order valence-corrected chi connectivity index (χ2v) is 7.20. The normalized spacial score (nSPS) is 19.1. The molecule has 1 aromatic carbocycles. The summed E-state index contributed by atoms with van der Waals surface area (Å²) < 4.78 is 13.8. The average molecular weight is 346 g/mol. The summed E-state index contributed by atoms with van der Waals surface area (Å²) in [4.78, 5) is 28.3. The number of rotatable bonds is 4. The molecule has 0 spiro atoms. The first-order chi connectivity index (χ1) is 12.1. The smallest absolute Gasteiger partial charge is 0.256 e. The van der Waals surface area contributed by atoms with Crippen molar-refractivity contribution in [3.05, 3.63) is 35.6 Å². The van der Waals surface area contributed by atoms with Crippen molar-refractivity contribution in [3.63, 3.8) is 0 Å². The molecule has 136 valence electrons. The number of hydrogen-bond acceptors (Lipinski definition) is 2. The van der Waals surface area contributed by atoms with Gasteiger partial charge in [0.25, 0.3) is 5.91 Å². The molecule has 0 radical (unpaired) electrons. The van der Waals surface area contributed by atoms with Crippen LogP contribution in [0.15, 0.2) is 24.3 Å². The lowest BCUT2D eigenvalue weighted by Gasteiger charge is -2.35. The monoisotopic (exact) mass is 346 g/mol. The van der Waals surface area contributed by atoms with E-state index >= 15 is 0 Å². The Balaban J connectivity index is 1.45. The lowest BCUT2D eigenvalue weighted by molar-refractivity contribution is -0.133. The van der Waals surface area contributed by atoms with Gasteiger partial charge in [0.15, 0.2) is 0 Å². The largest absolute Gasteiger partial charge is 0.339 e. The highest BCUT2D eigenvalue weighted by molar-refractivity contribution is 5.94. The Morgan fingerprint density at radius 2 is 1.60 bits per heavy atom. The molecule has 4 nitrogen and oxygen atoms in total. The van der Waals surface area contributed by atoms with Crippen LogP contribution in [0.25, 0.3) is 0 Å². The van der Waals surface area contributed by atoms with Crippen LogP contribution >= 0.6 is 0 Å². The molecule has 2 aliphatic rings. The van der Waals surface area contributed by atoms with Gasteiger partial charge in [0.05, 0.1) is 5.56 Å². The van der Waals surface area contributed by atoms with Crippen molar-refractivity contribution >= 4 is 11.8 Å². The fourth-order valence-electron chi connectivity index (χ4n) is 3.93. The van der Waals surface area contributed by atoms with E-state index in [1.807, 2.05) is 4.90 Å². The molecule has 1 aliphatic heterocycles. The maximum atomic E-state index is 13.8. The fraction of sp³-hybridized carbons (Fsp3) is 0.600. The highest BCUT2D eigenvalue weighted by atomic mass is 19.1. The molecule has 0 atom stereocenters. The number of piperazine rings is 1. The molecule has 0 unspecified atom stereocenters. The van der Waals surface area contributed by atoms with Crippen molar-refractivity contribution in [1.82, 2.24) is 9.80 Å². The van der Waals surface area contributed by atoms with Crippen LogP contribution in [0.1, 0.15) is 55.3 Å². The molecule has 1 heterocycles. The first-order valence-electron chi connectivity index (χ1n) is 9.47. The summed E-state index contributed by atoms with van der Waals surface area (Å²) in [6.07, 6.45) is 8.07. The highest BCUT2D eigenvalue weighted by Crippen LogP contribution is 2.27. The Morgan fingerprint density at radius 1 is 0.960 bits per heavy atom. The van der Waals surface area contributed by atoms with E-state index in [9.17, 15) is 14.0 Å². The van der Waals surface area contributed by atoms with E-state index in [-0.39, 0.29) is 17.4 Å². The SMILES string of the molecule is O=C(CCC1CCCCC1)N1CCN(C(=O)c2ccccc2F)CC1. The van der Waals surface area contributed by atoms with E-state index in [0.29, 0.717) is 38.5 Å². The molecule has 2 amide bonds. The average Bonchev–Trinajstić information content (AvgIpc) is 2.67. The first-order valence-corrected chi connectivity index (χ1v) is 9.47. The quantitative estimate of drug-likeness (QED) is 0.837. The molecule has 1 saturated carbocycles. The summed E-state index contributed by atoms with van der Waals surface area (Å²) in [5.41, 5.74) is 0.111. The number of hydrogen-bond donors (Lipinski definition) is 0. The molecule has 0 bridgehead atoms. The minimum absolute atomic E-state index is 0.111. The molecule has 25 heavy (non-hydrogen) atoms. The van der Waals surface area contributed by atoms with E-state index < -0.39 is 5.82 Å². The predicted molar refractivity (Wildman–Crippen MR) is 94.7 cm³/mol. The van der Waals surface area contributed by atoms with Crippen LogP contribution in [0.2, 0.25) is 0 Å². The Hall–Kier alpha value is -1.91. The van der Waals surface area contributed by atoms with E-state index in [1.54, 1.807) is 17.0 Å². The molecule has 1 aromatic rings. The zero-order valence-corrected chi connectivity index (χ0v) is 14.8. The number of nitrogens with zero attached hydrogens (tertiary/aromatic N) is 2. The van der Waals surface area contributed by atoms with Gasteiger partial charge in [-0.25, -0.2) is 4.39 Å². The second kappa shape index (κ2) is 8.45. The van der Waals surface area contributed by atoms with Gasteiger partial charge in [-0.1, -0.05) is 44.2 Å². The zero-order chi connectivity index (χ0) is 17.6. The Labute approximate surface area is 149 Å². The summed E-state index contributed by atoms with van der Waals surface area (Å²) in [7, 11) is 0. The number of carbonyl (C=O) groups excluding carboxylic acids is 2. The van der Waals surface area contributed by atoms with Crippen LogP contribution in [-0.2, 0) is 4.79 Å². The Morgan fingerprint density at radius 3 is 2.28 bits per heavy atom. The summed E-state index contributed by atoms with van der Waals surface area (Å²) in [6.45, 7) is 2.04. The minimum Gasteiger partial charge on any atom is -0.339 e. The van der Waals surface area contributed by atoms with Gasteiger partial charge in [0.2, 0.25) is 5.91 Å². The fourth-order valence-corrected chi connectivity index (χ4v) is 3.93. The highest BCUT2D eigenvalue weighted by Gasteiger charge is 2.26. The molecule has 0 N–H and O–H groups in total. The Kier molecular flexibility index (Phi) is 6.05. The van der Waals surface area contributed by atoms with E-state index in [1.165, 1.54) is 44.2 Å². The van der Waals surface area contributed by atoms with Gasteiger partial charge in [-0.2, -0.15) is 0 Å². The van der Waals surface area contributed by atoms with Crippen LogP contribution in [0.3, 0.4) is 0 Å². The Bertz CT molecular complexity index is 605. The maximum Gasteiger partial charge on any atom is 0.256 e. The standard InChI is InChI=1S/C20H27FN2O2/c21-18-9-5-4-8-17(18)20(25)23-14-12-22(13-15-23)19(24)11-10-16-6-2-1-3-7-16/h4-5,8-9,16H,1-3,6-7,10-15H2. The van der Waals surface area contributed by atoms with Crippen molar-refractivity contribution < 1.29 is 14.0 Å². The topological polar surface area (TPSA) is 40.6 Å². The van der Waals surface area contributed by atoms with Crippen molar-refractivity contribution in [3.8, 4) is 0 Å². The molecule has 1 saturated heterocycles. The van der Waals surface area contributed by atoms with Crippen molar-refractivity contribution in [2.45, 2.75) is 44.9 Å². The van der Waals surface area contributed by atoms with Gasteiger partial charge in [-0.15, -0.1) is 0 Å². The van der Waals surface area contributed by atoms with Crippen LogP contribution < -0.4 is 0 Å². The minimum atomic E-state index is -0.488. The van der Waals surface area contributed by atoms with Gasteiger partial charge in [0, 0.05) is 32.6 Å². The van der Waals surface area contributed by atoms with E-state index in [0.717, 1.165) is 6.42 Å². The van der Waals surface area contributed by atoms with Crippen LogP contribution in [-0.4, -0.2) is 47.8 Å². The van der Waals surface area contributed by atoms with Gasteiger partial charge >= 0.3 is 0 Å². The summed E-state index contributed by atoms with van der Waals surface area (Å²) in [5, 5.41) is 0. The summed E-state index contributed by atoms with van der Waals surface area (Å²) >= 11 is 0. The number of halogens is 1. The van der Waals surface area contributed by atoms with Crippen molar-refractivity contribution in [2.24, 2.45) is 5.92 Å². The molecular weight excluding hydrogens is 319 g/mol. The molecule has 0 aromatic heterocycles. The van der Waals surface area contributed by atoms with Crippen LogP contribution in [0.5, 0.6) is 0 Å². The van der Waals surface area contributed by atoms with E-state index in [4.69, 9.17) is 0 Å². The van der Waals surface area contributed by atoms with Gasteiger partial charge in [-0.3, -0.25) is 9.59 Å². The number of benzene rings is 1. The van der Waals surface area contributed by atoms with Crippen molar-refractivity contribution in [2.75, 3.05) is 26.2 Å². The van der Waals surface area contributed by atoms with Crippen LogP contribution in [0.4, 0.5) is 4.39 Å². The third kappa shape index (κ3) is 4.59. The molecular formula is C20H27FN2O2. The molecule has 2 fully saturated rings. The van der Waals surface area contributed by atoms with Gasteiger partial charge < -0.3 is 9.80 Å². The third-order valence-corrected chi connectivity index (χ3v) is 5.52. The molecule has 5 heteroatoms. The maximum absolute atomic E-state index is 13.8.